The second-order valence-corrected chi connectivity index (χ2v) is 15.3. The number of unbranched alkanes of at least 4 members (excludes halogenated alkanes) is 11. The lowest BCUT2D eigenvalue weighted by Gasteiger charge is -2.34. The molecule has 0 radical (unpaired) electrons. The number of carbonyl (C=O) groups excluding carboxylic acids is 3. The second kappa shape index (κ2) is 39.1. The summed E-state index contributed by atoms with van der Waals surface area (Å²) in [6.45, 7) is 4.30. The number of likely N-dealkylation sites (N-methyl/N-ethyl adjacent to an activating group) is 1. The first-order valence-electron chi connectivity index (χ1n) is 21.8. The largest absolute Gasteiger partial charge is 0.544 e. The number of carboxylic acid groups (broad SMARTS) is 1. The summed E-state index contributed by atoms with van der Waals surface area (Å²) < 4.78 is 17.1. The average Bonchev–Trinajstić information content (AvgIpc) is 3.17. The first kappa shape index (κ1) is 53.2. The van der Waals surface area contributed by atoms with E-state index >= 15 is 0 Å². The number of quaternary nitrogens is 1. The summed E-state index contributed by atoms with van der Waals surface area (Å²) in [6.07, 6.45) is 51.6. The first-order chi connectivity index (χ1) is 27.6. The van der Waals surface area contributed by atoms with E-state index in [1.165, 1.54) is 51.4 Å². The lowest BCUT2D eigenvalue weighted by Crippen LogP contribution is -2.55. The van der Waals surface area contributed by atoms with Crippen LogP contribution in [0.25, 0.3) is 0 Å². The molecule has 57 heavy (non-hydrogen) atoms. The number of hydrogen-bond donors (Lipinski definition) is 0. The Balaban J connectivity index is 4.40. The van der Waals surface area contributed by atoms with Gasteiger partial charge in [-0.3, -0.25) is 9.59 Å². The Morgan fingerprint density at radius 2 is 1.04 bits per heavy atom. The predicted octanol–water partition coefficient (Wildman–Crippen LogP) is 10.6. The highest BCUT2D eigenvalue weighted by Gasteiger charge is 2.25. The summed E-state index contributed by atoms with van der Waals surface area (Å²) in [4.78, 5) is 36.8. The second-order valence-electron chi connectivity index (χ2n) is 15.3. The molecule has 0 spiro atoms. The summed E-state index contributed by atoms with van der Waals surface area (Å²) >= 11 is 0. The van der Waals surface area contributed by atoms with Crippen LogP contribution in [0.5, 0.6) is 0 Å². The summed E-state index contributed by atoms with van der Waals surface area (Å²) in [5.41, 5.74) is 0. The van der Waals surface area contributed by atoms with E-state index in [4.69, 9.17) is 14.2 Å². The first-order valence-corrected chi connectivity index (χ1v) is 21.8. The van der Waals surface area contributed by atoms with Gasteiger partial charge in [-0.25, -0.2) is 0 Å². The summed E-state index contributed by atoms with van der Waals surface area (Å²) in [6, 6.07) is -0.744. The van der Waals surface area contributed by atoms with Gasteiger partial charge in [0.25, 0.3) is 0 Å². The van der Waals surface area contributed by atoms with Crippen molar-refractivity contribution < 1.29 is 38.2 Å². The van der Waals surface area contributed by atoms with Gasteiger partial charge < -0.3 is 28.6 Å². The molecule has 0 bridgehead atoms. The van der Waals surface area contributed by atoms with E-state index in [1.54, 1.807) is 21.1 Å². The zero-order valence-electron chi connectivity index (χ0n) is 36.5. The average molecular weight is 794 g/mol. The highest BCUT2D eigenvalue weighted by Crippen LogP contribution is 2.13. The molecule has 0 saturated heterocycles. The molecule has 322 valence electrons. The van der Waals surface area contributed by atoms with Crippen molar-refractivity contribution in [2.24, 2.45) is 0 Å². The molecule has 8 heteroatoms. The lowest BCUT2D eigenvalue weighted by atomic mass is 10.1. The van der Waals surface area contributed by atoms with E-state index in [9.17, 15) is 19.5 Å². The van der Waals surface area contributed by atoms with E-state index in [-0.39, 0.29) is 43.1 Å². The van der Waals surface area contributed by atoms with Gasteiger partial charge in [0, 0.05) is 19.3 Å². The minimum atomic E-state index is -1.14. The van der Waals surface area contributed by atoms with Gasteiger partial charge in [0.1, 0.15) is 12.6 Å². The van der Waals surface area contributed by atoms with Crippen molar-refractivity contribution in [2.45, 2.75) is 154 Å². The molecule has 2 unspecified atom stereocenters. The third-order valence-corrected chi connectivity index (χ3v) is 9.09. The Bertz CT molecular complexity index is 1250. The standard InChI is InChI=1S/C49H79NO7/c1-6-8-10-12-14-16-18-20-21-22-23-24-25-26-28-29-31-33-35-37-39-47(51)56-44-45(43-55-42-41-46(49(53)54)50(3,4)5)57-48(52)40-38-36-34-32-30-27-19-17-15-13-11-9-7-2/h8-11,13-17,19-21,27,30,32,34,45-46H,6-7,12,18,22-26,28-29,31,33,35-44H2,1-5H3/b10-8+,11-9+,15-13+,16-14+,19-17+,21-20+,30-27+,34-32+. The van der Waals surface area contributed by atoms with Gasteiger partial charge in [-0.15, -0.1) is 0 Å². The molecule has 0 fully saturated rings. The highest BCUT2D eigenvalue weighted by molar-refractivity contribution is 5.70. The van der Waals surface area contributed by atoms with Crippen LogP contribution >= 0.6 is 0 Å². The van der Waals surface area contributed by atoms with Crippen LogP contribution in [0.2, 0.25) is 0 Å². The van der Waals surface area contributed by atoms with Crippen LogP contribution in [0, 0.1) is 0 Å². The molecule has 0 aliphatic rings. The Labute approximate surface area is 347 Å². The molecule has 0 heterocycles. The highest BCUT2D eigenvalue weighted by atomic mass is 16.6. The van der Waals surface area contributed by atoms with Gasteiger partial charge in [0.2, 0.25) is 0 Å². The fraction of sp³-hybridized carbons (Fsp3) is 0.612. The Kier molecular flexibility index (Phi) is 36.5. The van der Waals surface area contributed by atoms with Gasteiger partial charge in [0.05, 0.1) is 40.3 Å². The molecule has 8 nitrogen and oxygen atoms in total. The molecule has 0 aromatic carbocycles. The number of allylic oxidation sites excluding steroid dienone is 16. The molecule has 0 aromatic rings. The minimum absolute atomic E-state index is 0.00468. The molecule has 0 aromatic heterocycles. The fourth-order valence-electron chi connectivity index (χ4n) is 5.76. The van der Waals surface area contributed by atoms with Crippen LogP contribution in [0.15, 0.2) is 97.2 Å². The van der Waals surface area contributed by atoms with Gasteiger partial charge >= 0.3 is 11.9 Å². The van der Waals surface area contributed by atoms with E-state index in [0.717, 1.165) is 44.9 Å². The number of esters is 2. The van der Waals surface area contributed by atoms with Gasteiger partial charge in [-0.05, 0) is 57.8 Å². The van der Waals surface area contributed by atoms with E-state index < -0.39 is 24.1 Å². The SMILES string of the molecule is CC/C=C/C=C/C=C/C=C/C=C/CCCC(=O)OC(COCCC(C(=O)[O-])[N+](C)(C)C)COC(=O)CCCCCCCCCCCC/C=C/C/C=C/C/C=C/CC. The van der Waals surface area contributed by atoms with Crippen molar-refractivity contribution in [3.63, 3.8) is 0 Å². The van der Waals surface area contributed by atoms with Crippen molar-refractivity contribution in [3.05, 3.63) is 97.2 Å². The number of aliphatic carboxylic acids is 1. The van der Waals surface area contributed by atoms with E-state index in [2.05, 4.69) is 56.4 Å². The molecular formula is C49H79NO7. The maximum atomic E-state index is 12.7. The zero-order chi connectivity index (χ0) is 42.1. The molecule has 2 atom stereocenters. The molecule has 0 aliphatic carbocycles. The van der Waals surface area contributed by atoms with Crippen molar-refractivity contribution >= 4 is 17.9 Å². The van der Waals surface area contributed by atoms with Gasteiger partial charge in [-0.1, -0.05) is 162 Å². The van der Waals surface area contributed by atoms with Crippen molar-refractivity contribution in [1.82, 2.24) is 0 Å². The Hall–Kier alpha value is -3.75. The number of rotatable bonds is 37. The van der Waals surface area contributed by atoms with Crippen LogP contribution < -0.4 is 5.11 Å². The van der Waals surface area contributed by atoms with Crippen molar-refractivity contribution in [1.29, 1.82) is 0 Å². The van der Waals surface area contributed by atoms with Gasteiger partial charge in [-0.2, -0.15) is 0 Å². The predicted molar refractivity (Wildman–Crippen MR) is 235 cm³/mol. The van der Waals surface area contributed by atoms with E-state index in [1.807, 2.05) is 54.7 Å². The topological polar surface area (TPSA) is 102 Å². The number of hydrogen-bond acceptors (Lipinski definition) is 7. The van der Waals surface area contributed by atoms with Crippen LogP contribution in [0.1, 0.15) is 142 Å². The fourth-order valence-corrected chi connectivity index (χ4v) is 5.76. The number of nitrogens with zero attached hydrogens (tertiary/aromatic N) is 1. The third-order valence-electron chi connectivity index (χ3n) is 9.09. The van der Waals surface area contributed by atoms with E-state index in [0.29, 0.717) is 19.3 Å². The molecule has 0 amide bonds. The number of carboxylic acids is 1. The maximum Gasteiger partial charge on any atom is 0.306 e. The van der Waals surface area contributed by atoms with Crippen molar-refractivity contribution in [3.8, 4) is 0 Å². The van der Waals surface area contributed by atoms with Crippen LogP contribution in [0.3, 0.4) is 0 Å². The maximum absolute atomic E-state index is 12.7. The lowest BCUT2D eigenvalue weighted by molar-refractivity contribution is -0.889. The Morgan fingerprint density at radius 3 is 1.61 bits per heavy atom. The number of carbonyl (C=O) groups is 3. The monoisotopic (exact) mass is 794 g/mol. The van der Waals surface area contributed by atoms with Crippen molar-refractivity contribution in [2.75, 3.05) is 41.0 Å². The normalized spacial score (nSPS) is 13.9. The molecular weight excluding hydrogens is 715 g/mol. The smallest absolute Gasteiger partial charge is 0.306 e. The number of ether oxygens (including phenoxy) is 3. The molecule has 0 aliphatic heterocycles. The van der Waals surface area contributed by atoms with Gasteiger partial charge in [0.15, 0.2) is 6.10 Å². The zero-order valence-corrected chi connectivity index (χ0v) is 36.5. The third kappa shape index (κ3) is 37.6. The Morgan fingerprint density at radius 1 is 0.544 bits per heavy atom. The van der Waals surface area contributed by atoms with Crippen LogP contribution in [-0.4, -0.2) is 75.5 Å². The summed E-state index contributed by atoms with van der Waals surface area (Å²) in [5, 5.41) is 11.6. The summed E-state index contributed by atoms with van der Waals surface area (Å²) in [5.74, 6) is -1.85. The van der Waals surface area contributed by atoms with Crippen LogP contribution in [-0.2, 0) is 28.6 Å². The van der Waals surface area contributed by atoms with Crippen LogP contribution in [0.4, 0.5) is 0 Å². The minimum Gasteiger partial charge on any atom is -0.544 e. The quantitative estimate of drug-likeness (QED) is 0.0203. The molecule has 0 rings (SSSR count). The molecule has 0 saturated carbocycles. The molecule has 0 N–H and O–H groups in total. The summed E-state index contributed by atoms with van der Waals surface area (Å²) in [7, 11) is 5.36.